The number of hydrogen-bond acceptors (Lipinski definition) is 4. The highest BCUT2D eigenvalue weighted by Gasteiger charge is 2.36. The Morgan fingerprint density at radius 2 is 1.50 bits per heavy atom. The first kappa shape index (κ1) is 12.4. The molecule has 0 aliphatic heterocycles. The summed E-state index contributed by atoms with van der Waals surface area (Å²) < 4.78 is 15.8. The van der Waals surface area contributed by atoms with Gasteiger partial charge in [0.2, 0.25) is 0 Å². The highest BCUT2D eigenvalue weighted by molar-refractivity contribution is 7.80. The van der Waals surface area contributed by atoms with Crippen LogP contribution in [0.4, 0.5) is 0 Å². The number of thiol groups is 1. The minimum atomic E-state index is -2.29. The van der Waals surface area contributed by atoms with Crippen molar-refractivity contribution in [3.63, 3.8) is 0 Å². The molecule has 0 aromatic heterocycles. The highest BCUT2D eigenvalue weighted by atomic mass is 32.1. The van der Waals surface area contributed by atoms with E-state index >= 15 is 0 Å². The molecule has 0 N–H and O–H groups in total. The Bertz CT molecular complexity index is 101. The van der Waals surface area contributed by atoms with Crippen LogP contribution in [-0.2, 0) is 13.3 Å². The third-order valence-electron chi connectivity index (χ3n) is 1.82. The molecule has 0 unspecified atom stereocenters. The van der Waals surface area contributed by atoms with Crippen molar-refractivity contribution in [3.05, 3.63) is 0 Å². The second kappa shape index (κ2) is 6.91. The number of hydrogen-bond donors (Lipinski definition) is 1. The zero-order valence-corrected chi connectivity index (χ0v) is 9.89. The smallest absolute Gasteiger partial charge is 0.377 e. The second-order valence-electron chi connectivity index (χ2n) is 2.48. The van der Waals surface area contributed by atoms with Crippen molar-refractivity contribution >= 4 is 21.4 Å². The lowest BCUT2D eigenvalue weighted by atomic mass is 10.4. The molecule has 0 atom stereocenters. The average Bonchev–Trinajstić information content (AvgIpc) is 2.14. The summed E-state index contributed by atoms with van der Waals surface area (Å²) in [6, 6.07) is 0.872. The summed E-state index contributed by atoms with van der Waals surface area (Å²) in [5.41, 5.74) is 0. The molecule has 0 aromatic rings. The first-order valence-corrected chi connectivity index (χ1v) is 6.57. The van der Waals surface area contributed by atoms with E-state index in [0.29, 0.717) is 0 Å². The minimum Gasteiger partial charge on any atom is -0.377 e. The van der Waals surface area contributed by atoms with Gasteiger partial charge in [-0.3, -0.25) is 0 Å². The van der Waals surface area contributed by atoms with Crippen molar-refractivity contribution in [1.29, 1.82) is 0 Å². The lowest BCUT2D eigenvalue weighted by Crippen LogP contribution is -2.42. The monoisotopic (exact) mass is 210 g/mol. The molecule has 0 amide bonds. The lowest BCUT2D eigenvalue weighted by molar-refractivity contribution is 0.123. The Labute approximate surface area is 81.2 Å². The Morgan fingerprint density at radius 3 is 1.83 bits per heavy atom. The van der Waals surface area contributed by atoms with Gasteiger partial charge in [0, 0.05) is 27.4 Å². The van der Waals surface area contributed by atoms with E-state index in [2.05, 4.69) is 12.6 Å². The van der Waals surface area contributed by atoms with Crippen molar-refractivity contribution < 1.29 is 13.3 Å². The topological polar surface area (TPSA) is 27.7 Å². The fourth-order valence-corrected chi connectivity index (χ4v) is 3.03. The molecule has 0 fully saturated rings. The maximum atomic E-state index is 5.25. The first-order chi connectivity index (χ1) is 5.74. The van der Waals surface area contributed by atoms with Crippen LogP contribution in [-0.4, -0.2) is 35.9 Å². The molecule has 74 valence electrons. The largest absolute Gasteiger partial charge is 0.500 e. The van der Waals surface area contributed by atoms with Crippen LogP contribution in [0.25, 0.3) is 0 Å². The maximum absolute atomic E-state index is 5.25. The summed E-state index contributed by atoms with van der Waals surface area (Å²) in [6.07, 6.45) is 2.12. The standard InChI is InChI=1S/C7H18O3SSi/c1-8-12(9-2,10-3)7-5-4-6-11/h11H,4-7H2,1-3H3. The molecule has 0 saturated carbocycles. The van der Waals surface area contributed by atoms with Crippen LogP contribution in [0.5, 0.6) is 0 Å². The molecule has 3 nitrogen and oxygen atoms in total. The van der Waals surface area contributed by atoms with Crippen LogP contribution in [0.3, 0.4) is 0 Å². The lowest BCUT2D eigenvalue weighted by Gasteiger charge is -2.23. The summed E-state index contributed by atoms with van der Waals surface area (Å²) >= 11 is 4.13. The predicted octanol–water partition coefficient (Wildman–Crippen LogP) is 1.57. The van der Waals surface area contributed by atoms with Crippen molar-refractivity contribution in [2.45, 2.75) is 18.9 Å². The van der Waals surface area contributed by atoms with Crippen LogP contribution >= 0.6 is 12.6 Å². The first-order valence-electron chi connectivity index (χ1n) is 4.01. The van der Waals surface area contributed by atoms with Gasteiger partial charge in [0.05, 0.1) is 0 Å². The van der Waals surface area contributed by atoms with E-state index < -0.39 is 8.80 Å². The van der Waals surface area contributed by atoms with Crippen LogP contribution in [0.2, 0.25) is 6.04 Å². The van der Waals surface area contributed by atoms with Gasteiger partial charge in [-0.05, 0) is 18.6 Å². The Balaban J connectivity index is 3.76. The molecule has 0 spiro atoms. The van der Waals surface area contributed by atoms with Crippen LogP contribution in [0, 0.1) is 0 Å². The maximum Gasteiger partial charge on any atom is 0.500 e. The van der Waals surface area contributed by atoms with Gasteiger partial charge in [-0.25, -0.2) is 0 Å². The minimum absolute atomic E-state index is 0.872. The highest BCUT2D eigenvalue weighted by Crippen LogP contribution is 2.16. The molecule has 0 rings (SSSR count). The molecular weight excluding hydrogens is 192 g/mol. The summed E-state index contributed by atoms with van der Waals surface area (Å²) in [4.78, 5) is 0. The second-order valence-corrected chi connectivity index (χ2v) is 6.01. The Kier molecular flexibility index (Phi) is 7.17. The number of rotatable bonds is 7. The van der Waals surface area contributed by atoms with E-state index in [1.807, 2.05) is 0 Å². The van der Waals surface area contributed by atoms with Crippen LogP contribution in [0.1, 0.15) is 12.8 Å². The summed E-state index contributed by atoms with van der Waals surface area (Å²) in [5, 5.41) is 0. The predicted molar refractivity (Wildman–Crippen MR) is 54.7 cm³/mol. The van der Waals surface area contributed by atoms with Crippen molar-refractivity contribution in [1.82, 2.24) is 0 Å². The van der Waals surface area contributed by atoms with Gasteiger partial charge in [0.15, 0.2) is 0 Å². The summed E-state index contributed by atoms with van der Waals surface area (Å²) in [6.45, 7) is 0. The average molecular weight is 210 g/mol. The SMILES string of the molecule is CO[Si](CCCCS)(OC)OC. The molecule has 0 radical (unpaired) electrons. The van der Waals surface area contributed by atoms with Gasteiger partial charge < -0.3 is 13.3 Å². The molecular formula is C7H18O3SSi. The zero-order valence-electron chi connectivity index (χ0n) is 8.00. The Morgan fingerprint density at radius 1 is 1.00 bits per heavy atom. The molecule has 0 bridgehead atoms. The molecule has 0 aliphatic carbocycles. The van der Waals surface area contributed by atoms with E-state index in [1.165, 1.54) is 0 Å². The van der Waals surface area contributed by atoms with E-state index in [1.54, 1.807) is 21.3 Å². The van der Waals surface area contributed by atoms with E-state index in [9.17, 15) is 0 Å². The molecule has 0 aliphatic rings. The third-order valence-corrected chi connectivity index (χ3v) is 4.97. The number of unbranched alkanes of at least 4 members (excludes halogenated alkanes) is 1. The molecule has 12 heavy (non-hydrogen) atoms. The summed E-state index contributed by atoms with van der Waals surface area (Å²) in [7, 11) is 2.63. The summed E-state index contributed by atoms with van der Waals surface area (Å²) in [5.74, 6) is 0.904. The van der Waals surface area contributed by atoms with E-state index in [-0.39, 0.29) is 0 Å². The quantitative estimate of drug-likeness (QED) is 0.393. The molecule has 0 heterocycles. The van der Waals surface area contributed by atoms with E-state index in [0.717, 1.165) is 24.6 Å². The molecule has 0 saturated heterocycles. The van der Waals surface area contributed by atoms with Crippen LogP contribution < -0.4 is 0 Å². The van der Waals surface area contributed by atoms with Gasteiger partial charge in [-0.1, -0.05) is 0 Å². The molecule has 0 aromatic carbocycles. The van der Waals surface area contributed by atoms with Crippen molar-refractivity contribution in [3.8, 4) is 0 Å². The zero-order chi connectivity index (χ0) is 9.45. The fourth-order valence-electron chi connectivity index (χ4n) is 1.01. The fraction of sp³-hybridized carbons (Fsp3) is 1.00. The third kappa shape index (κ3) is 3.91. The van der Waals surface area contributed by atoms with Crippen molar-refractivity contribution in [2.24, 2.45) is 0 Å². The Hall–Kier alpha value is 0.447. The van der Waals surface area contributed by atoms with Gasteiger partial charge >= 0.3 is 8.80 Å². The van der Waals surface area contributed by atoms with Gasteiger partial charge in [0.25, 0.3) is 0 Å². The van der Waals surface area contributed by atoms with Crippen LogP contribution in [0.15, 0.2) is 0 Å². The molecule has 5 heteroatoms. The van der Waals surface area contributed by atoms with E-state index in [4.69, 9.17) is 13.3 Å². The normalized spacial score (nSPS) is 12.0. The van der Waals surface area contributed by atoms with Gasteiger partial charge in [-0.2, -0.15) is 12.6 Å². The van der Waals surface area contributed by atoms with Gasteiger partial charge in [0.1, 0.15) is 0 Å². The van der Waals surface area contributed by atoms with Gasteiger partial charge in [-0.15, -0.1) is 0 Å². The van der Waals surface area contributed by atoms with Crippen molar-refractivity contribution in [2.75, 3.05) is 27.1 Å².